The number of rotatable bonds is 5. The van der Waals surface area contributed by atoms with Crippen molar-refractivity contribution in [2.45, 2.75) is 13.3 Å². The van der Waals surface area contributed by atoms with Crippen LogP contribution in [0, 0.1) is 0 Å². The first-order chi connectivity index (χ1) is 9.62. The summed E-state index contributed by atoms with van der Waals surface area (Å²) in [4.78, 5) is 11.9. The third kappa shape index (κ3) is 4.58. The summed E-state index contributed by atoms with van der Waals surface area (Å²) in [5.74, 6) is 0.815. The van der Waals surface area contributed by atoms with Crippen LogP contribution in [0.4, 0.5) is 0 Å². The molecule has 1 amide bonds. The van der Waals surface area contributed by atoms with Crippen molar-refractivity contribution in [2.75, 3.05) is 20.8 Å². The minimum atomic E-state index is -0.317. The van der Waals surface area contributed by atoms with E-state index < -0.39 is 0 Å². The Kier molecular flexibility index (Phi) is 6.58. The molecule has 0 radical (unpaired) electrons. The molecule has 0 aliphatic carbocycles. The molecule has 1 rings (SSSR count). The number of hydrazine groups is 1. The summed E-state index contributed by atoms with van der Waals surface area (Å²) in [5.41, 5.74) is 5.48. The van der Waals surface area contributed by atoms with Crippen molar-refractivity contribution < 1.29 is 14.3 Å². The number of nitrogens with one attached hydrogen (secondary N) is 3. The van der Waals surface area contributed by atoms with Crippen LogP contribution in [0.25, 0.3) is 0 Å². The summed E-state index contributed by atoms with van der Waals surface area (Å²) in [6.07, 6.45) is 0.900. The molecular weight excluding hydrogens is 278 g/mol. The Labute approximate surface area is 123 Å². The maximum Gasteiger partial charge on any atom is 0.269 e. The van der Waals surface area contributed by atoms with Crippen LogP contribution in [0.15, 0.2) is 18.2 Å². The summed E-state index contributed by atoms with van der Waals surface area (Å²) in [5, 5.41) is 3.01. The second-order valence-corrected chi connectivity index (χ2v) is 4.28. The molecule has 110 valence electrons. The lowest BCUT2D eigenvalue weighted by Crippen LogP contribution is -2.45. The molecule has 0 unspecified atom stereocenters. The van der Waals surface area contributed by atoms with Crippen LogP contribution >= 0.6 is 12.2 Å². The minimum Gasteiger partial charge on any atom is -0.493 e. The quantitative estimate of drug-likeness (QED) is 0.561. The molecule has 1 aromatic rings. The number of amides is 1. The van der Waals surface area contributed by atoms with Crippen molar-refractivity contribution in [1.29, 1.82) is 0 Å². The summed E-state index contributed by atoms with van der Waals surface area (Å²) in [6.45, 7) is 2.62. The SMILES string of the molecule is CCCOc1ccc(C(=O)NNC(=S)NC)cc1OC. The van der Waals surface area contributed by atoms with Gasteiger partial charge in [-0.25, -0.2) is 0 Å². The maximum atomic E-state index is 11.9. The van der Waals surface area contributed by atoms with E-state index in [2.05, 4.69) is 16.2 Å². The fourth-order valence-corrected chi connectivity index (χ4v) is 1.44. The highest BCUT2D eigenvalue weighted by Gasteiger charge is 2.11. The molecule has 0 spiro atoms. The van der Waals surface area contributed by atoms with Crippen molar-refractivity contribution in [3.8, 4) is 11.5 Å². The van der Waals surface area contributed by atoms with Gasteiger partial charge in [-0.3, -0.25) is 15.6 Å². The van der Waals surface area contributed by atoms with E-state index in [9.17, 15) is 4.79 Å². The molecule has 0 bridgehead atoms. The maximum absolute atomic E-state index is 11.9. The molecule has 0 heterocycles. The predicted molar refractivity (Wildman–Crippen MR) is 81.0 cm³/mol. The fourth-order valence-electron chi connectivity index (χ4n) is 1.39. The molecule has 6 nitrogen and oxygen atoms in total. The highest BCUT2D eigenvalue weighted by Crippen LogP contribution is 2.28. The number of ether oxygens (including phenoxy) is 2. The van der Waals surface area contributed by atoms with Gasteiger partial charge < -0.3 is 14.8 Å². The van der Waals surface area contributed by atoms with E-state index in [1.807, 2.05) is 6.92 Å². The van der Waals surface area contributed by atoms with E-state index in [4.69, 9.17) is 21.7 Å². The van der Waals surface area contributed by atoms with Gasteiger partial charge in [0, 0.05) is 12.6 Å². The zero-order chi connectivity index (χ0) is 15.0. The number of carbonyl (C=O) groups excluding carboxylic acids is 1. The molecule has 1 aromatic carbocycles. The molecule has 0 aliphatic rings. The molecule has 0 aromatic heterocycles. The van der Waals surface area contributed by atoms with E-state index in [0.717, 1.165) is 6.42 Å². The summed E-state index contributed by atoms with van der Waals surface area (Å²) < 4.78 is 10.7. The average molecular weight is 297 g/mol. The summed E-state index contributed by atoms with van der Waals surface area (Å²) in [6, 6.07) is 4.98. The van der Waals surface area contributed by atoms with E-state index >= 15 is 0 Å². The third-order valence-corrected chi connectivity index (χ3v) is 2.71. The second kappa shape index (κ2) is 8.21. The van der Waals surface area contributed by atoms with Crippen LogP contribution in [0.5, 0.6) is 11.5 Å². The van der Waals surface area contributed by atoms with Gasteiger partial charge in [0.2, 0.25) is 0 Å². The van der Waals surface area contributed by atoms with E-state index in [-0.39, 0.29) is 5.91 Å². The first-order valence-electron chi connectivity index (χ1n) is 6.21. The first-order valence-corrected chi connectivity index (χ1v) is 6.62. The summed E-state index contributed by atoms with van der Waals surface area (Å²) in [7, 11) is 3.19. The average Bonchev–Trinajstić information content (AvgIpc) is 2.49. The molecule has 0 fully saturated rings. The molecule has 3 N–H and O–H groups in total. The topological polar surface area (TPSA) is 71.6 Å². The Morgan fingerprint density at radius 1 is 1.30 bits per heavy atom. The highest BCUT2D eigenvalue weighted by molar-refractivity contribution is 7.80. The Morgan fingerprint density at radius 3 is 2.65 bits per heavy atom. The number of thiocarbonyl (C=S) groups is 1. The zero-order valence-electron chi connectivity index (χ0n) is 11.8. The molecule has 0 atom stereocenters. The lowest BCUT2D eigenvalue weighted by atomic mass is 10.2. The third-order valence-electron chi connectivity index (χ3n) is 2.40. The van der Waals surface area contributed by atoms with E-state index in [0.29, 0.717) is 28.8 Å². The van der Waals surface area contributed by atoms with Gasteiger partial charge in [0.05, 0.1) is 13.7 Å². The first kappa shape index (κ1) is 16.0. The van der Waals surface area contributed by atoms with Crippen LogP contribution in [0.2, 0.25) is 0 Å². The van der Waals surface area contributed by atoms with Gasteiger partial charge in [0.15, 0.2) is 16.6 Å². The van der Waals surface area contributed by atoms with Crippen LogP contribution in [0.1, 0.15) is 23.7 Å². The minimum absolute atomic E-state index is 0.317. The Bertz CT molecular complexity index is 480. The smallest absolute Gasteiger partial charge is 0.269 e. The van der Waals surface area contributed by atoms with Gasteiger partial charge in [-0.2, -0.15) is 0 Å². The number of benzene rings is 1. The zero-order valence-corrected chi connectivity index (χ0v) is 12.6. The van der Waals surface area contributed by atoms with Crippen molar-refractivity contribution >= 4 is 23.2 Å². The largest absolute Gasteiger partial charge is 0.493 e. The van der Waals surface area contributed by atoms with Crippen LogP contribution in [-0.2, 0) is 0 Å². The number of methoxy groups -OCH3 is 1. The van der Waals surface area contributed by atoms with Crippen LogP contribution in [-0.4, -0.2) is 31.8 Å². The molecule has 0 saturated carbocycles. The molecule has 7 heteroatoms. The normalized spacial score (nSPS) is 9.55. The molecule has 0 saturated heterocycles. The Morgan fingerprint density at radius 2 is 2.05 bits per heavy atom. The number of hydrogen-bond donors (Lipinski definition) is 3. The van der Waals surface area contributed by atoms with Gasteiger partial charge in [-0.1, -0.05) is 6.92 Å². The van der Waals surface area contributed by atoms with Crippen molar-refractivity contribution in [2.24, 2.45) is 0 Å². The van der Waals surface area contributed by atoms with Crippen molar-refractivity contribution in [1.82, 2.24) is 16.2 Å². The second-order valence-electron chi connectivity index (χ2n) is 3.87. The fraction of sp³-hybridized carbons (Fsp3) is 0.385. The van der Waals surface area contributed by atoms with Gasteiger partial charge in [0.1, 0.15) is 0 Å². The molecular formula is C13H19N3O3S. The van der Waals surface area contributed by atoms with Gasteiger partial charge in [0.25, 0.3) is 5.91 Å². The van der Waals surface area contributed by atoms with Gasteiger partial charge in [-0.05, 0) is 36.8 Å². The van der Waals surface area contributed by atoms with Crippen molar-refractivity contribution in [3.63, 3.8) is 0 Å². The molecule has 20 heavy (non-hydrogen) atoms. The lowest BCUT2D eigenvalue weighted by molar-refractivity contribution is 0.0943. The van der Waals surface area contributed by atoms with Crippen LogP contribution in [0.3, 0.4) is 0 Å². The Balaban J connectivity index is 2.75. The van der Waals surface area contributed by atoms with E-state index in [1.165, 1.54) is 7.11 Å². The number of hydrogen-bond acceptors (Lipinski definition) is 4. The predicted octanol–water partition coefficient (Wildman–Crippen LogP) is 1.22. The van der Waals surface area contributed by atoms with Gasteiger partial charge >= 0.3 is 0 Å². The standard InChI is InChI=1S/C13H19N3O3S/c1-4-7-19-10-6-5-9(8-11(10)18-3)12(17)15-16-13(20)14-2/h5-6,8H,4,7H2,1-3H3,(H,15,17)(H2,14,16,20). The van der Waals surface area contributed by atoms with Gasteiger partial charge in [-0.15, -0.1) is 0 Å². The molecule has 0 aliphatic heterocycles. The van der Waals surface area contributed by atoms with Crippen LogP contribution < -0.4 is 25.6 Å². The number of carbonyl (C=O) groups is 1. The lowest BCUT2D eigenvalue weighted by Gasteiger charge is -2.12. The Hall–Kier alpha value is -2.02. The monoisotopic (exact) mass is 297 g/mol. The highest BCUT2D eigenvalue weighted by atomic mass is 32.1. The van der Waals surface area contributed by atoms with Crippen molar-refractivity contribution in [3.05, 3.63) is 23.8 Å². The van der Waals surface area contributed by atoms with E-state index in [1.54, 1.807) is 25.2 Å². The summed E-state index contributed by atoms with van der Waals surface area (Å²) >= 11 is 4.86.